The molecule has 1 aliphatic carbocycles. The van der Waals surface area contributed by atoms with E-state index in [0.717, 1.165) is 69.3 Å². The van der Waals surface area contributed by atoms with Crippen molar-refractivity contribution in [2.24, 2.45) is 0 Å². The first-order valence-corrected chi connectivity index (χ1v) is 15.7. The van der Waals surface area contributed by atoms with Gasteiger partial charge in [-0.2, -0.15) is 9.97 Å². The van der Waals surface area contributed by atoms with Crippen molar-refractivity contribution in [2.45, 2.75) is 81.6 Å². The Bertz CT molecular complexity index is 1580. The van der Waals surface area contributed by atoms with E-state index < -0.39 is 12.0 Å². The number of fused-ring (bicyclic) bond motifs is 5. The highest BCUT2D eigenvalue weighted by atomic mass is 35.5. The van der Waals surface area contributed by atoms with Gasteiger partial charge in [0.1, 0.15) is 29.9 Å². The van der Waals surface area contributed by atoms with Crippen LogP contribution >= 0.6 is 11.6 Å². The van der Waals surface area contributed by atoms with E-state index in [2.05, 4.69) is 27.0 Å². The summed E-state index contributed by atoms with van der Waals surface area (Å²) < 4.78 is 37.6. The van der Waals surface area contributed by atoms with Crippen molar-refractivity contribution in [3.8, 4) is 22.9 Å². The first-order chi connectivity index (χ1) is 20.3. The molecule has 5 heterocycles. The van der Waals surface area contributed by atoms with Crippen molar-refractivity contribution in [1.29, 1.82) is 0 Å². The summed E-state index contributed by atoms with van der Waals surface area (Å²) in [7, 11) is 0. The zero-order valence-electron chi connectivity index (χ0n) is 23.8. The summed E-state index contributed by atoms with van der Waals surface area (Å²) in [4.78, 5) is 13.9. The second-order valence-corrected chi connectivity index (χ2v) is 13.6. The number of aromatic hydroxyl groups is 1. The molecule has 3 aromatic rings. The van der Waals surface area contributed by atoms with E-state index in [4.69, 9.17) is 21.3 Å². The standard InChI is InChI=1S/C32H36ClF2N5O2/c1-17-3-4-18-9-22(41)10-23(26(17)18)27-25(33)11-24-29(28(27)35)37-31(38-30(24)39-14-20-5-6-21(15-39)36-20)42-16-32-7-2-8-40(32)13-19(34)12-32/h9-11,17,19-21,36,41H,2-8,12-16H2,1H3/t17?,19-,20-,21+,32+/m1/s1. The molecule has 42 heavy (non-hydrogen) atoms. The summed E-state index contributed by atoms with van der Waals surface area (Å²) in [6, 6.07) is 5.97. The summed E-state index contributed by atoms with van der Waals surface area (Å²) in [5.41, 5.74) is 2.70. The number of aryl methyl sites for hydroxylation is 1. The van der Waals surface area contributed by atoms with Crippen LogP contribution in [0.25, 0.3) is 22.0 Å². The second kappa shape index (κ2) is 9.89. The molecule has 4 fully saturated rings. The summed E-state index contributed by atoms with van der Waals surface area (Å²) in [6.07, 6.45) is 5.39. The fourth-order valence-corrected chi connectivity index (χ4v) is 8.83. The van der Waals surface area contributed by atoms with Crippen LogP contribution in [0.5, 0.6) is 11.8 Å². The molecule has 2 aromatic carbocycles. The number of benzene rings is 2. The predicted molar refractivity (Wildman–Crippen MR) is 159 cm³/mol. The Hall–Kier alpha value is -2.75. The zero-order valence-corrected chi connectivity index (χ0v) is 24.6. The molecule has 4 aliphatic heterocycles. The maximum Gasteiger partial charge on any atom is 0.319 e. The fraction of sp³-hybridized carbons (Fsp3) is 0.562. The lowest BCUT2D eigenvalue weighted by molar-refractivity contribution is 0.107. The predicted octanol–water partition coefficient (Wildman–Crippen LogP) is 5.74. The highest BCUT2D eigenvalue weighted by Gasteiger charge is 2.49. The molecule has 1 aromatic heterocycles. The largest absolute Gasteiger partial charge is 0.508 e. The van der Waals surface area contributed by atoms with Gasteiger partial charge < -0.3 is 20.1 Å². The number of ether oxygens (including phenoxy) is 1. The number of halogens is 3. The van der Waals surface area contributed by atoms with E-state index in [1.54, 1.807) is 18.2 Å². The third-order valence-corrected chi connectivity index (χ3v) is 10.7. The van der Waals surface area contributed by atoms with Crippen LogP contribution in [0.4, 0.5) is 14.6 Å². The van der Waals surface area contributed by atoms with Crippen LogP contribution in [-0.4, -0.2) is 76.6 Å². The third-order valence-electron chi connectivity index (χ3n) is 10.4. The van der Waals surface area contributed by atoms with Gasteiger partial charge in [0.2, 0.25) is 0 Å². The maximum atomic E-state index is 16.8. The molecule has 2 N–H and O–H groups in total. The molecule has 10 heteroatoms. The van der Waals surface area contributed by atoms with Crippen LogP contribution in [0.2, 0.25) is 5.02 Å². The van der Waals surface area contributed by atoms with Crippen LogP contribution in [0.3, 0.4) is 0 Å². The normalized spacial score (nSPS) is 30.3. The van der Waals surface area contributed by atoms with Gasteiger partial charge in [0.05, 0.1) is 10.6 Å². The Kier molecular flexibility index (Phi) is 6.32. The second-order valence-electron chi connectivity index (χ2n) is 13.2. The van der Waals surface area contributed by atoms with E-state index in [9.17, 15) is 9.50 Å². The molecule has 8 rings (SSSR count). The molecule has 2 bridgehead atoms. The lowest BCUT2D eigenvalue weighted by Gasteiger charge is -2.34. The number of nitrogens with zero attached hydrogens (tertiary/aromatic N) is 4. The highest BCUT2D eigenvalue weighted by Crippen LogP contribution is 2.47. The van der Waals surface area contributed by atoms with Crippen LogP contribution in [0.1, 0.15) is 62.5 Å². The van der Waals surface area contributed by atoms with Gasteiger partial charge >= 0.3 is 6.01 Å². The topological polar surface area (TPSA) is 73.8 Å². The minimum absolute atomic E-state index is 0.0974. The fourth-order valence-electron chi connectivity index (χ4n) is 8.54. The van der Waals surface area contributed by atoms with Crippen molar-refractivity contribution >= 4 is 28.3 Å². The minimum atomic E-state index is -0.869. The monoisotopic (exact) mass is 595 g/mol. The van der Waals surface area contributed by atoms with Gasteiger partial charge in [0.15, 0.2) is 5.82 Å². The van der Waals surface area contributed by atoms with Crippen molar-refractivity contribution in [1.82, 2.24) is 20.2 Å². The molecule has 4 saturated heterocycles. The lowest BCUT2D eigenvalue weighted by atomic mass is 9.91. The quantitative estimate of drug-likeness (QED) is 0.390. The van der Waals surface area contributed by atoms with E-state index in [-0.39, 0.29) is 45.9 Å². The van der Waals surface area contributed by atoms with E-state index in [1.807, 2.05) is 0 Å². The van der Waals surface area contributed by atoms with E-state index >= 15 is 4.39 Å². The van der Waals surface area contributed by atoms with Gasteiger partial charge in [-0.25, -0.2) is 8.78 Å². The number of piperazine rings is 1. The van der Waals surface area contributed by atoms with Crippen molar-refractivity contribution in [3.05, 3.63) is 40.2 Å². The summed E-state index contributed by atoms with van der Waals surface area (Å²) in [5.74, 6) is 0.393. The van der Waals surface area contributed by atoms with Gasteiger partial charge in [0.25, 0.3) is 0 Å². The van der Waals surface area contributed by atoms with Crippen molar-refractivity contribution < 1.29 is 18.6 Å². The van der Waals surface area contributed by atoms with Crippen molar-refractivity contribution in [3.63, 3.8) is 0 Å². The average molecular weight is 596 g/mol. The number of phenols is 1. The molecular weight excluding hydrogens is 560 g/mol. The molecule has 7 nitrogen and oxygen atoms in total. The summed E-state index contributed by atoms with van der Waals surface area (Å²) in [5, 5.41) is 15.0. The number of aromatic nitrogens is 2. The van der Waals surface area contributed by atoms with Gasteiger partial charge in [-0.05, 0) is 85.9 Å². The average Bonchev–Trinajstić information content (AvgIpc) is 3.69. The highest BCUT2D eigenvalue weighted by molar-refractivity contribution is 6.34. The number of alkyl halides is 1. The van der Waals surface area contributed by atoms with Crippen LogP contribution in [0, 0.1) is 5.82 Å². The first kappa shape index (κ1) is 26.8. The Morgan fingerprint density at radius 1 is 1.14 bits per heavy atom. The SMILES string of the molecule is CC1CCc2cc(O)cc(-c3c(Cl)cc4c(N5C[C@H]6CC[C@@H](C5)N6)nc(OC[C@@]56CCCN5C[C@H](F)C6)nc4c3F)c21. The van der Waals surface area contributed by atoms with Crippen LogP contribution < -0.4 is 15.0 Å². The lowest BCUT2D eigenvalue weighted by Crippen LogP contribution is -2.51. The Balaban J connectivity index is 1.26. The van der Waals surface area contributed by atoms with Crippen molar-refractivity contribution in [2.75, 3.05) is 37.7 Å². The smallest absolute Gasteiger partial charge is 0.319 e. The van der Waals surface area contributed by atoms with Gasteiger partial charge in [0, 0.05) is 49.1 Å². The molecule has 5 atom stereocenters. The number of anilines is 1. The number of phenolic OH excluding ortho intramolecular Hbond substituents is 1. The summed E-state index contributed by atoms with van der Waals surface area (Å²) >= 11 is 6.91. The molecule has 222 valence electrons. The van der Waals surface area contributed by atoms with E-state index in [0.29, 0.717) is 41.8 Å². The van der Waals surface area contributed by atoms with Gasteiger partial charge in [-0.3, -0.25) is 4.90 Å². The van der Waals surface area contributed by atoms with Gasteiger partial charge in [-0.15, -0.1) is 0 Å². The molecule has 5 aliphatic rings. The summed E-state index contributed by atoms with van der Waals surface area (Å²) in [6.45, 7) is 5.19. The van der Waals surface area contributed by atoms with Crippen LogP contribution in [-0.2, 0) is 6.42 Å². The van der Waals surface area contributed by atoms with E-state index in [1.165, 1.54) is 0 Å². The van der Waals surface area contributed by atoms with Crippen LogP contribution in [0.15, 0.2) is 18.2 Å². The molecule has 0 radical (unpaired) electrons. The third kappa shape index (κ3) is 4.26. The Morgan fingerprint density at radius 3 is 2.76 bits per heavy atom. The number of hydrogen-bond acceptors (Lipinski definition) is 7. The molecule has 0 saturated carbocycles. The number of rotatable bonds is 5. The zero-order chi connectivity index (χ0) is 28.7. The van der Waals surface area contributed by atoms with Gasteiger partial charge in [-0.1, -0.05) is 18.5 Å². The first-order valence-electron chi connectivity index (χ1n) is 15.4. The Morgan fingerprint density at radius 2 is 1.95 bits per heavy atom. The number of nitrogens with one attached hydrogen (secondary N) is 1. The molecule has 0 spiro atoms. The Labute approximate surface area is 249 Å². The minimum Gasteiger partial charge on any atom is -0.508 e. The molecule has 0 amide bonds. The maximum absolute atomic E-state index is 16.8. The molecule has 1 unspecified atom stereocenters. The molecular formula is C32H36ClF2N5O2. The number of hydrogen-bond donors (Lipinski definition) is 2.